The molecule has 32 heavy (non-hydrogen) atoms. The number of halogens is 1. The first-order chi connectivity index (χ1) is 15.5. The number of pyridine rings is 1. The smallest absolute Gasteiger partial charge is 0.260 e. The van der Waals surface area contributed by atoms with Gasteiger partial charge >= 0.3 is 0 Å². The predicted octanol–water partition coefficient (Wildman–Crippen LogP) is 3.57. The van der Waals surface area contributed by atoms with Crippen molar-refractivity contribution in [2.75, 3.05) is 13.1 Å². The summed E-state index contributed by atoms with van der Waals surface area (Å²) in [6, 6.07) is 11.7. The van der Waals surface area contributed by atoms with Gasteiger partial charge in [-0.05, 0) is 36.1 Å². The summed E-state index contributed by atoms with van der Waals surface area (Å²) in [5.41, 5.74) is 2.60. The predicted molar refractivity (Wildman–Crippen MR) is 122 cm³/mol. The number of aromatic nitrogens is 3. The molecule has 1 fully saturated rings. The van der Waals surface area contributed by atoms with E-state index < -0.39 is 0 Å². The van der Waals surface area contributed by atoms with E-state index in [1.54, 1.807) is 18.2 Å². The van der Waals surface area contributed by atoms with Gasteiger partial charge in [0.25, 0.3) is 11.1 Å². The van der Waals surface area contributed by atoms with Gasteiger partial charge in [0.1, 0.15) is 16.5 Å². The highest BCUT2D eigenvalue weighted by atomic mass is 32.1. The molecule has 2 aliphatic heterocycles. The summed E-state index contributed by atoms with van der Waals surface area (Å²) >= 11 is 1.43. The number of rotatable bonds is 3. The average Bonchev–Trinajstić information content (AvgIpc) is 3.20. The second-order valence-electron chi connectivity index (χ2n) is 8.74. The van der Waals surface area contributed by atoms with Crippen molar-refractivity contribution in [3.8, 4) is 11.1 Å². The summed E-state index contributed by atoms with van der Waals surface area (Å²) in [7, 11) is 0. The van der Waals surface area contributed by atoms with Crippen LogP contribution in [-0.4, -0.2) is 32.5 Å². The Kier molecular flexibility index (Phi) is 4.58. The second kappa shape index (κ2) is 7.50. The number of fused-ring (bicyclic) bond motifs is 5. The minimum Gasteiger partial charge on any atom is -0.312 e. The molecule has 0 radical (unpaired) electrons. The number of hydrogen-bond acceptors (Lipinski definition) is 5. The van der Waals surface area contributed by atoms with E-state index in [9.17, 15) is 14.0 Å². The Labute approximate surface area is 187 Å². The van der Waals surface area contributed by atoms with Crippen LogP contribution in [0.25, 0.3) is 21.3 Å². The van der Waals surface area contributed by atoms with Crippen molar-refractivity contribution in [3.05, 3.63) is 85.9 Å². The van der Waals surface area contributed by atoms with E-state index in [-0.39, 0.29) is 16.9 Å². The van der Waals surface area contributed by atoms with Crippen molar-refractivity contribution in [2.24, 2.45) is 5.92 Å². The normalized spacial score (nSPS) is 20.4. The Morgan fingerprint density at radius 2 is 1.94 bits per heavy atom. The van der Waals surface area contributed by atoms with Gasteiger partial charge in [-0.1, -0.05) is 18.2 Å². The lowest BCUT2D eigenvalue weighted by Gasteiger charge is -2.42. The molecule has 2 atom stereocenters. The quantitative estimate of drug-likeness (QED) is 0.520. The summed E-state index contributed by atoms with van der Waals surface area (Å²) in [5, 5.41) is 2.46. The summed E-state index contributed by atoms with van der Waals surface area (Å²) in [6.45, 7) is 3.03. The van der Waals surface area contributed by atoms with Crippen molar-refractivity contribution in [1.29, 1.82) is 0 Å². The molecule has 1 saturated heterocycles. The molecule has 8 heteroatoms. The van der Waals surface area contributed by atoms with Gasteiger partial charge in [-0.3, -0.25) is 14.5 Å². The lowest BCUT2D eigenvalue weighted by atomic mass is 9.83. The molecular weight excluding hydrogens is 427 g/mol. The molecule has 5 heterocycles. The Balaban J connectivity index is 1.28. The maximum absolute atomic E-state index is 13.3. The molecule has 2 bridgehead atoms. The van der Waals surface area contributed by atoms with Gasteiger partial charge in [0.05, 0.1) is 11.9 Å². The van der Waals surface area contributed by atoms with Crippen LogP contribution in [0.3, 0.4) is 0 Å². The number of hydrogen-bond donors (Lipinski definition) is 1. The largest absolute Gasteiger partial charge is 0.312 e. The van der Waals surface area contributed by atoms with Gasteiger partial charge in [-0.15, -0.1) is 11.3 Å². The van der Waals surface area contributed by atoms with E-state index in [1.165, 1.54) is 23.5 Å². The molecule has 162 valence electrons. The maximum atomic E-state index is 13.3. The number of thiophene rings is 1. The van der Waals surface area contributed by atoms with Crippen LogP contribution in [0.4, 0.5) is 4.39 Å². The highest BCUT2D eigenvalue weighted by molar-refractivity contribution is 7.17. The van der Waals surface area contributed by atoms with Crippen LogP contribution in [0.2, 0.25) is 0 Å². The fourth-order valence-corrected chi connectivity index (χ4v) is 6.21. The fourth-order valence-electron chi connectivity index (χ4n) is 5.25. The van der Waals surface area contributed by atoms with E-state index in [2.05, 4.69) is 16.0 Å². The minimum atomic E-state index is -0.304. The number of aromatic amines is 1. The van der Waals surface area contributed by atoms with Crippen molar-refractivity contribution >= 4 is 21.6 Å². The molecule has 1 N–H and O–H groups in total. The monoisotopic (exact) mass is 448 g/mol. The van der Waals surface area contributed by atoms with E-state index in [4.69, 9.17) is 4.98 Å². The SMILES string of the molecule is O=c1[nH]c(CN2CC3CC(C2)c2cccc(=O)n2C3)nc2scc(-c3ccc(F)cc3)c12. The van der Waals surface area contributed by atoms with E-state index in [0.717, 1.165) is 42.9 Å². The number of likely N-dealkylation sites (tertiary alicyclic amines) is 1. The number of H-pyrrole nitrogens is 1. The third kappa shape index (κ3) is 3.30. The third-order valence-electron chi connectivity index (χ3n) is 6.58. The molecule has 3 aromatic heterocycles. The first-order valence-electron chi connectivity index (χ1n) is 10.7. The fraction of sp³-hybridized carbons (Fsp3) is 0.292. The van der Waals surface area contributed by atoms with Crippen LogP contribution in [0.1, 0.15) is 23.9 Å². The summed E-state index contributed by atoms with van der Waals surface area (Å²) in [4.78, 5) is 35.9. The minimum absolute atomic E-state index is 0.0803. The molecule has 2 aliphatic rings. The first kappa shape index (κ1) is 19.6. The van der Waals surface area contributed by atoms with Crippen molar-refractivity contribution in [3.63, 3.8) is 0 Å². The number of benzene rings is 1. The van der Waals surface area contributed by atoms with E-state index in [0.29, 0.717) is 34.4 Å². The summed E-state index contributed by atoms with van der Waals surface area (Å²) in [5.74, 6) is 1.09. The van der Waals surface area contributed by atoms with Crippen molar-refractivity contribution in [2.45, 2.75) is 25.4 Å². The van der Waals surface area contributed by atoms with E-state index >= 15 is 0 Å². The van der Waals surface area contributed by atoms with Gasteiger partial charge in [0, 0.05) is 48.3 Å². The molecule has 4 aromatic rings. The Hall–Kier alpha value is -3.10. The van der Waals surface area contributed by atoms with Crippen LogP contribution in [0.5, 0.6) is 0 Å². The third-order valence-corrected chi connectivity index (χ3v) is 7.45. The molecule has 0 aliphatic carbocycles. The first-order valence-corrected chi connectivity index (χ1v) is 11.6. The lowest BCUT2D eigenvalue weighted by Crippen LogP contribution is -2.46. The zero-order valence-electron chi connectivity index (χ0n) is 17.3. The molecule has 6 nitrogen and oxygen atoms in total. The van der Waals surface area contributed by atoms with Gasteiger partial charge in [0.2, 0.25) is 0 Å². The van der Waals surface area contributed by atoms with Crippen molar-refractivity contribution < 1.29 is 4.39 Å². The maximum Gasteiger partial charge on any atom is 0.260 e. The number of nitrogens with one attached hydrogen (secondary N) is 1. The second-order valence-corrected chi connectivity index (χ2v) is 9.60. The molecule has 1 aromatic carbocycles. The van der Waals surface area contributed by atoms with Crippen LogP contribution in [0.15, 0.2) is 57.4 Å². The van der Waals surface area contributed by atoms with Crippen LogP contribution >= 0.6 is 11.3 Å². The van der Waals surface area contributed by atoms with Gasteiger partial charge < -0.3 is 9.55 Å². The topological polar surface area (TPSA) is 71.0 Å². The molecule has 0 amide bonds. The molecule has 0 saturated carbocycles. The zero-order valence-corrected chi connectivity index (χ0v) is 18.1. The van der Waals surface area contributed by atoms with Crippen LogP contribution < -0.4 is 11.1 Å². The number of nitrogens with zero attached hydrogens (tertiary/aromatic N) is 3. The number of piperidine rings is 1. The Morgan fingerprint density at radius 1 is 1.09 bits per heavy atom. The highest BCUT2D eigenvalue weighted by Gasteiger charge is 2.34. The standard InChI is InChI=1S/C24H21FN4O2S/c25-17-6-4-15(5-7-17)18-13-32-24-22(18)23(31)26-20(27-24)12-28-9-14-8-16(11-28)19-2-1-3-21(30)29(19)10-14/h1-7,13-14,16H,8-12H2,(H,26,27,31). The summed E-state index contributed by atoms with van der Waals surface area (Å²) in [6.07, 6.45) is 1.09. The zero-order chi connectivity index (χ0) is 21.8. The molecule has 6 rings (SSSR count). The summed E-state index contributed by atoms with van der Waals surface area (Å²) < 4.78 is 15.2. The van der Waals surface area contributed by atoms with Crippen LogP contribution in [-0.2, 0) is 13.1 Å². The van der Waals surface area contributed by atoms with Gasteiger partial charge in [0.15, 0.2) is 0 Å². The Morgan fingerprint density at radius 3 is 2.78 bits per heavy atom. The van der Waals surface area contributed by atoms with E-state index in [1.807, 2.05) is 16.0 Å². The molecule has 0 spiro atoms. The van der Waals surface area contributed by atoms with Crippen molar-refractivity contribution in [1.82, 2.24) is 19.4 Å². The van der Waals surface area contributed by atoms with Crippen LogP contribution in [0, 0.1) is 11.7 Å². The highest BCUT2D eigenvalue weighted by Crippen LogP contribution is 2.35. The lowest BCUT2D eigenvalue weighted by molar-refractivity contribution is 0.112. The Bertz CT molecular complexity index is 1440. The molecule has 2 unspecified atom stereocenters. The van der Waals surface area contributed by atoms with Gasteiger partial charge in [-0.25, -0.2) is 9.37 Å². The van der Waals surface area contributed by atoms with Gasteiger partial charge in [-0.2, -0.15) is 0 Å². The molecular formula is C24H21FN4O2S. The average molecular weight is 449 g/mol.